The number of rotatable bonds is 8. The van der Waals surface area contributed by atoms with Crippen LogP contribution in [-0.4, -0.2) is 24.9 Å². The van der Waals surface area contributed by atoms with Gasteiger partial charge in [-0.3, -0.25) is 9.59 Å². The third-order valence-corrected chi connectivity index (χ3v) is 5.25. The molecule has 144 valence electrons. The third kappa shape index (κ3) is 5.28. The molecule has 5 nitrogen and oxygen atoms in total. The van der Waals surface area contributed by atoms with Gasteiger partial charge in [0.2, 0.25) is 0 Å². The Morgan fingerprint density at radius 2 is 1.86 bits per heavy atom. The van der Waals surface area contributed by atoms with Crippen LogP contribution in [0.4, 0.5) is 5.69 Å². The molecule has 2 aromatic carbocycles. The van der Waals surface area contributed by atoms with Gasteiger partial charge < -0.3 is 16.0 Å². The highest BCUT2D eigenvalue weighted by molar-refractivity contribution is 7.10. The SMILES string of the molecule is CCNC(=O)c1cccc(NC(=O)C[NH2+][C@H](c2ccccc2)c2cccs2)c1. The van der Waals surface area contributed by atoms with Crippen molar-refractivity contribution in [3.63, 3.8) is 0 Å². The molecule has 3 aromatic rings. The van der Waals surface area contributed by atoms with E-state index >= 15 is 0 Å². The molecule has 4 N–H and O–H groups in total. The van der Waals surface area contributed by atoms with Crippen molar-refractivity contribution in [1.82, 2.24) is 5.32 Å². The topological polar surface area (TPSA) is 74.8 Å². The summed E-state index contributed by atoms with van der Waals surface area (Å²) in [5.74, 6) is -0.252. The summed E-state index contributed by atoms with van der Waals surface area (Å²) in [4.78, 5) is 25.6. The highest BCUT2D eigenvalue weighted by Crippen LogP contribution is 2.22. The predicted molar refractivity (Wildman–Crippen MR) is 112 cm³/mol. The molecular weight excluding hydrogens is 370 g/mol. The number of amides is 2. The zero-order valence-electron chi connectivity index (χ0n) is 15.7. The molecule has 28 heavy (non-hydrogen) atoms. The van der Waals surface area contributed by atoms with Crippen LogP contribution in [0.2, 0.25) is 0 Å². The molecule has 0 bridgehead atoms. The van der Waals surface area contributed by atoms with Gasteiger partial charge in [-0.25, -0.2) is 0 Å². The van der Waals surface area contributed by atoms with Crippen molar-refractivity contribution in [3.8, 4) is 0 Å². The van der Waals surface area contributed by atoms with Crippen LogP contribution >= 0.6 is 11.3 Å². The molecule has 0 radical (unpaired) electrons. The van der Waals surface area contributed by atoms with Gasteiger partial charge in [0.1, 0.15) is 6.04 Å². The molecule has 3 rings (SSSR count). The lowest BCUT2D eigenvalue weighted by Crippen LogP contribution is -2.87. The minimum Gasteiger partial charge on any atom is -0.352 e. The molecule has 0 spiro atoms. The first-order valence-electron chi connectivity index (χ1n) is 9.27. The summed E-state index contributed by atoms with van der Waals surface area (Å²) in [6, 6.07) is 21.3. The first-order valence-corrected chi connectivity index (χ1v) is 10.1. The third-order valence-electron chi connectivity index (χ3n) is 4.29. The van der Waals surface area contributed by atoms with Crippen LogP contribution in [0.3, 0.4) is 0 Å². The number of carbonyl (C=O) groups is 2. The second-order valence-electron chi connectivity index (χ2n) is 6.33. The van der Waals surface area contributed by atoms with E-state index in [-0.39, 0.29) is 24.4 Å². The second kappa shape index (κ2) is 9.82. The Balaban J connectivity index is 1.64. The smallest absolute Gasteiger partial charge is 0.279 e. The lowest BCUT2D eigenvalue weighted by Gasteiger charge is -2.15. The second-order valence-corrected chi connectivity index (χ2v) is 7.31. The monoisotopic (exact) mass is 394 g/mol. The Kier molecular flexibility index (Phi) is 6.94. The van der Waals surface area contributed by atoms with E-state index in [9.17, 15) is 9.59 Å². The summed E-state index contributed by atoms with van der Waals surface area (Å²) in [5.41, 5.74) is 2.31. The van der Waals surface area contributed by atoms with Crippen molar-refractivity contribution in [2.24, 2.45) is 0 Å². The summed E-state index contributed by atoms with van der Waals surface area (Å²) in [7, 11) is 0. The molecule has 0 saturated heterocycles. The fraction of sp³-hybridized carbons (Fsp3) is 0.182. The number of benzene rings is 2. The molecule has 1 aromatic heterocycles. The Morgan fingerprint density at radius 3 is 2.57 bits per heavy atom. The van der Waals surface area contributed by atoms with E-state index in [1.807, 2.05) is 41.9 Å². The maximum Gasteiger partial charge on any atom is 0.279 e. The van der Waals surface area contributed by atoms with Gasteiger partial charge in [0.25, 0.3) is 11.8 Å². The standard InChI is InChI=1S/C22H23N3O2S/c1-2-23-22(27)17-10-6-11-18(14-17)25-20(26)15-24-21(19-12-7-13-28-19)16-8-4-3-5-9-16/h3-14,21,24H,2,15H2,1H3,(H,23,27)(H,25,26)/p+1/t21-/m1/s1. The van der Waals surface area contributed by atoms with Crippen LogP contribution in [0, 0.1) is 0 Å². The summed E-state index contributed by atoms with van der Waals surface area (Å²) in [6.07, 6.45) is 0. The first-order chi connectivity index (χ1) is 13.7. The quantitative estimate of drug-likeness (QED) is 0.550. The number of hydrogen-bond acceptors (Lipinski definition) is 3. The van der Waals surface area contributed by atoms with E-state index in [1.165, 1.54) is 4.88 Å². The van der Waals surface area contributed by atoms with Gasteiger partial charge in [0.05, 0.1) is 4.88 Å². The van der Waals surface area contributed by atoms with Crippen molar-refractivity contribution in [1.29, 1.82) is 0 Å². The Morgan fingerprint density at radius 1 is 1.04 bits per heavy atom. The van der Waals surface area contributed by atoms with Gasteiger partial charge in [0, 0.05) is 23.4 Å². The molecule has 0 aliphatic carbocycles. The number of nitrogens with two attached hydrogens (primary N) is 1. The van der Waals surface area contributed by atoms with E-state index < -0.39 is 0 Å². The zero-order valence-corrected chi connectivity index (χ0v) is 16.5. The molecule has 0 aliphatic rings. The van der Waals surface area contributed by atoms with E-state index in [4.69, 9.17) is 0 Å². The van der Waals surface area contributed by atoms with Crippen LogP contribution < -0.4 is 16.0 Å². The van der Waals surface area contributed by atoms with E-state index in [2.05, 4.69) is 28.8 Å². The van der Waals surface area contributed by atoms with Crippen molar-refractivity contribution < 1.29 is 14.9 Å². The van der Waals surface area contributed by atoms with E-state index in [1.54, 1.807) is 35.6 Å². The minimum atomic E-state index is -0.146. The van der Waals surface area contributed by atoms with Gasteiger partial charge in [-0.05, 0) is 36.6 Å². The van der Waals surface area contributed by atoms with E-state index in [0.29, 0.717) is 17.8 Å². The Hall–Kier alpha value is -2.96. The van der Waals surface area contributed by atoms with Gasteiger partial charge in [-0.15, -0.1) is 11.3 Å². The highest BCUT2D eigenvalue weighted by Gasteiger charge is 2.20. The molecule has 0 unspecified atom stereocenters. The van der Waals surface area contributed by atoms with Crippen LogP contribution in [-0.2, 0) is 4.79 Å². The minimum absolute atomic E-state index is 0.0774. The average Bonchev–Trinajstić information content (AvgIpc) is 3.24. The van der Waals surface area contributed by atoms with E-state index in [0.717, 1.165) is 5.56 Å². The van der Waals surface area contributed by atoms with Gasteiger partial charge in [0.15, 0.2) is 6.54 Å². The number of anilines is 1. The largest absolute Gasteiger partial charge is 0.352 e. The molecule has 6 heteroatoms. The molecule has 0 fully saturated rings. The first kappa shape index (κ1) is 19.8. The van der Waals surface area contributed by atoms with Crippen molar-refractivity contribution in [3.05, 3.63) is 88.1 Å². The maximum absolute atomic E-state index is 12.5. The predicted octanol–water partition coefficient (Wildman–Crippen LogP) is 2.79. The Labute approximate surface area is 168 Å². The van der Waals surface area contributed by atoms with Gasteiger partial charge in [-0.1, -0.05) is 42.5 Å². The lowest BCUT2D eigenvalue weighted by atomic mass is 10.1. The van der Waals surface area contributed by atoms with Crippen molar-refractivity contribution >= 4 is 28.8 Å². The fourth-order valence-corrected chi connectivity index (χ4v) is 3.83. The Bertz CT molecular complexity index is 911. The zero-order chi connectivity index (χ0) is 19.8. The summed E-state index contributed by atoms with van der Waals surface area (Å²) >= 11 is 1.68. The summed E-state index contributed by atoms with van der Waals surface area (Å²) in [5, 5.41) is 9.72. The van der Waals surface area contributed by atoms with Crippen LogP contribution in [0.5, 0.6) is 0 Å². The van der Waals surface area contributed by atoms with Crippen LogP contribution in [0.15, 0.2) is 72.1 Å². The molecule has 1 atom stereocenters. The van der Waals surface area contributed by atoms with Gasteiger partial charge >= 0.3 is 0 Å². The van der Waals surface area contributed by atoms with Crippen LogP contribution in [0.1, 0.15) is 33.8 Å². The van der Waals surface area contributed by atoms with Crippen molar-refractivity contribution in [2.45, 2.75) is 13.0 Å². The molecule has 2 amide bonds. The van der Waals surface area contributed by atoms with Gasteiger partial charge in [-0.2, -0.15) is 0 Å². The number of thiophene rings is 1. The average molecular weight is 395 g/mol. The molecule has 0 aliphatic heterocycles. The number of nitrogens with one attached hydrogen (secondary N) is 2. The number of quaternary nitrogens is 1. The summed E-state index contributed by atoms with van der Waals surface area (Å²) in [6.45, 7) is 2.72. The fourth-order valence-electron chi connectivity index (χ4n) is 2.98. The maximum atomic E-state index is 12.5. The normalized spacial score (nSPS) is 11.6. The molecular formula is C22H24N3O2S+. The lowest BCUT2D eigenvalue weighted by molar-refractivity contribution is -0.675. The molecule has 1 heterocycles. The van der Waals surface area contributed by atoms with Crippen LogP contribution in [0.25, 0.3) is 0 Å². The van der Waals surface area contributed by atoms with Crippen molar-refractivity contribution in [2.75, 3.05) is 18.4 Å². The highest BCUT2D eigenvalue weighted by atomic mass is 32.1. The molecule has 0 saturated carbocycles. The number of carbonyl (C=O) groups excluding carboxylic acids is 2. The summed E-state index contributed by atoms with van der Waals surface area (Å²) < 4.78 is 0. The number of hydrogen-bond donors (Lipinski definition) is 3.